The number of hydrogen-bond donors (Lipinski definition) is 3. The van der Waals surface area contributed by atoms with Crippen LogP contribution in [0.3, 0.4) is 0 Å². The van der Waals surface area contributed by atoms with E-state index in [1.165, 1.54) is 0 Å². The van der Waals surface area contributed by atoms with Crippen LogP contribution in [0.5, 0.6) is 5.75 Å². The Morgan fingerprint density at radius 2 is 1.85 bits per heavy atom. The van der Waals surface area contributed by atoms with Crippen molar-refractivity contribution >= 4 is 24.2 Å². The molecule has 0 aliphatic carbocycles. The number of halogens is 1. The van der Waals surface area contributed by atoms with Crippen LogP contribution in [0.15, 0.2) is 42.5 Å². The first-order valence-corrected chi connectivity index (χ1v) is 10.3. The van der Waals surface area contributed by atoms with E-state index >= 15 is 0 Å². The van der Waals surface area contributed by atoms with Crippen molar-refractivity contribution in [2.24, 2.45) is 0 Å². The van der Waals surface area contributed by atoms with E-state index in [0.29, 0.717) is 24.5 Å². The van der Waals surface area contributed by atoms with Crippen molar-refractivity contribution in [3.8, 4) is 5.75 Å². The summed E-state index contributed by atoms with van der Waals surface area (Å²) in [7, 11) is 0. The number of rotatable bonds is 5. The Labute approximate surface area is 171 Å². The van der Waals surface area contributed by atoms with Gasteiger partial charge in [0.2, 0.25) is 0 Å². The van der Waals surface area contributed by atoms with E-state index in [1.807, 2.05) is 49.4 Å². The molecule has 0 bridgehead atoms. The van der Waals surface area contributed by atoms with Crippen LogP contribution in [-0.4, -0.2) is 41.9 Å². The van der Waals surface area contributed by atoms with Crippen LogP contribution in [0, 0.1) is 0 Å². The maximum Gasteiger partial charge on any atom is 0.119 e. The van der Waals surface area contributed by atoms with Gasteiger partial charge in [-0.15, -0.1) is 0 Å². The van der Waals surface area contributed by atoms with Gasteiger partial charge in [0.15, 0.2) is 0 Å². The van der Waals surface area contributed by atoms with Crippen LogP contribution < -0.4 is 4.74 Å². The Hall–Kier alpha value is -1.24. The minimum Gasteiger partial charge on any atom is -0.494 e. The van der Waals surface area contributed by atoms with Gasteiger partial charge in [0.1, 0.15) is 11.9 Å². The molecule has 1 saturated heterocycles. The van der Waals surface area contributed by atoms with Crippen LogP contribution in [0.25, 0.3) is 0 Å². The maximum absolute atomic E-state index is 10.2. The van der Waals surface area contributed by atoms with Gasteiger partial charge in [-0.2, -0.15) is 12.6 Å². The fraction of sp³-hybridized carbons (Fsp3) is 0.429. The largest absolute Gasteiger partial charge is 0.494 e. The highest BCUT2D eigenvalue weighted by atomic mass is 35.5. The lowest BCUT2D eigenvalue weighted by Crippen LogP contribution is -2.35. The summed E-state index contributed by atoms with van der Waals surface area (Å²) >= 11 is 9.89. The van der Waals surface area contributed by atoms with Gasteiger partial charge in [-0.05, 0) is 54.5 Å². The van der Waals surface area contributed by atoms with Gasteiger partial charge in [0.05, 0.1) is 25.4 Å². The summed E-state index contributed by atoms with van der Waals surface area (Å²) in [5.41, 5.74) is 2.98. The fourth-order valence-corrected chi connectivity index (χ4v) is 3.30. The number of aliphatic hydroxyl groups is 2. The van der Waals surface area contributed by atoms with Crippen molar-refractivity contribution in [2.45, 2.75) is 38.1 Å². The van der Waals surface area contributed by atoms with Crippen molar-refractivity contribution in [3.63, 3.8) is 0 Å². The normalized spacial score (nSPS) is 21.9. The molecule has 1 aliphatic heterocycles. The highest BCUT2D eigenvalue weighted by Crippen LogP contribution is 2.31. The zero-order valence-corrected chi connectivity index (χ0v) is 17.3. The van der Waals surface area contributed by atoms with Crippen LogP contribution in [0.2, 0.25) is 5.02 Å². The number of ether oxygens (including phenoxy) is 2. The van der Waals surface area contributed by atoms with Crippen LogP contribution in [0.4, 0.5) is 0 Å². The highest BCUT2D eigenvalue weighted by Gasteiger charge is 2.30. The van der Waals surface area contributed by atoms with E-state index in [0.717, 1.165) is 22.4 Å². The lowest BCUT2D eigenvalue weighted by Gasteiger charge is -2.31. The molecule has 27 heavy (non-hydrogen) atoms. The average Bonchev–Trinajstić information content (AvgIpc) is 2.67. The molecular weight excluding hydrogens is 384 g/mol. The molecule has 0 aromatic heterocycles. The Kier molecular flexibility index (Phi) is 8.93. The van der Waals surface area contributed by atoms with Gasteiger partial charge in [-0.3, -0.25) is 0 Å². The molecule has 3 rings (SSSR count). The molecule has 0 spiro atoms. The number of thiol groups is 1. The van der Waals surface area contributed by atoms with Gasteiger partial charge in [-0.1, -0.05) is 35.9 Å². The van der Waals surface area contributed by atoms with Crippen LogP contribution in [0.1, 0.15) is 36.1 Å². The summed E-state index contributed by atoms with van der Waals surface area (Å²) in [6.07, 6.45) is 0.941. The molecule has 148 valence electrons. The molecule has 2 aromatic rings. The first kappa shape index (κ1) is 22.1. The van der Waals surface area contributed by atoms with Crippen molar-refractivity contribution in [1.82, 2.24) is 0 Å². The lowest BCUT2D eigenvalue weighted by molar-refractivity contribution is -0.125. The molecule has 4 nitrogen and oxygen atoms in total. The van der Waals surface area contributed by atoms with Crippen molar-refractivity contribution in [1.29, 1.82) is 0 Å². The average molecular weight is 411 g/mol. The van der Waals surface area contributed by atoms with Crippen molar-refractivity contribution in [3.05, 3.63) is 64.2 Å². The third kappa shape index (κ3) is 6.13. The van der Waals surface area contributed by atoms with E-state index in [1.54, 1.807) is 6.26 Å². The summed E-state index contributed by atoms with van der Waals surface area (Å²) in [6.45, 7) is 2.84. The maximum atomic E-state index is 10.2. The molecule has 1 fully saturated rings. The quantitative estimate of drug-likeness (QED) is 0.650. The molecule has 2 N–H and O–H groups in total. The third-order valence-electron chi connectivity index (χ3n) is 4.36. The van der Waals surface area contributed by atoms with Gasteiger partial charge >= 0.3 is 0 Å². The fourth-order valence-electron chi connectivity index (χ4n) is 3.11. The molecule has 1 heterocycles. The van der Waals surface area contributed by atoms with Crippen LogP contribution >= 0.6 is 24.2 Å². The predicted octanol–water partition coefficient (Wildman–Crippen LogP) is 4.06. The van der Waals surface area contributed by atoms with E-state index in [4.69, 9.17) is 21.1 Å². The lowest BCUT2D eigenvalue weighted by atomic mass is 9.94. The summed E-state index contributed by atoms with van der Waals surface area (Å²) in [5, 5.41) is 20.5. The third-order valence-corrected chi connectivity index (χ3v) is 4.73. The Morgan fingerprint density at radius 3 is 2.48 bits per heavy atom. The van der Waals surface area contributed by atoms with Gasteiger partial charge < -0.3 is 19.7 Å². The SMILES string of the molecule is CCOc1ccc(Cc2cc(C3OCC(O)CC3O)ccc2Cl)cc1.CS. The molecule has 0 saturated carbocycles. The molecular formula is C21H27ClO4S. The van der Waals surface area contributed by atoms with E-state index in [9.17, 15) is 10.2 Å². The molecule has 0 amide bonds. The van der Waals surface area contributed by atoms with E-state index in [-0.39, 0.29) is 6.61 Å². The first-order chi connectivity index (χ1) is 13.1. The van der Waals surface area contributed by atoms with Gasteiger partial charge in [0, 0.05) is 11.4 Å². The summed E-state index contributed by atoms with van der Waals surface area (Å²) in [6, 6.07) is 13.6. The molecule has 3 atom stereocenters. The second-order valence-corrected chi connectivity index (χ2v) is 6.72. The summed E-state index contributed by atoms with van der Waals surface area (Å²) in [4.78, 5) is 0. The molecule has 1 aliphatic rings. The zero-order valence-electron chi connectivity index (χ0n) is 15.6. The van der Waals surface area contributed by atoms with Crippen molar-refractivity contribution < 1.29 is 19.7 Å². The minimum absolute atomic E-state index is 0.235. The molecule has 2 aromatic carbocycles. The van der Waals surface area contributed by atoms with Gasteiger partial charge in [-0.25, -0.2) is 0 Å². The topological polar surface area (TPSA) is 58.9 Å². The summed E-state index contributed by atoms with van der Waals surface area (Å²) < 4.78 is 11.1. The van der Waals surface area contributed by atoms with E-state index < -0.39 is 18.3 Å². The van der Waals surface area contributed by atoms with Crippen LogP contribution in [-0.2, 0) is 11.2 Å². The monoisotopic (exact) mass is 410 g/mol. The Bertz CT molecular complexity index is 708. The smallest absolute Gasteiger partial charge is 0.119 e. The second kappa shape index (κ2) is 10.9. The Morgan fingerprint density at radius 1 is 1.15 bits per heavy atom. The second-order valence-electron chi connectivity index (χ2n) is 6.32. The van der Waals surface area contributed by atoms with E-state index in [2.05, 4.69) is 12.6 Å². The minimum atomic E-state index is -0.719. The summed E-state index contributed by atoms with van der Waals surface area (Å²) in [5.74, 6) is 0.850. The first-order valence-electron chi connectivity index (χ1n) is 8.99. The standard InChI is InChI=1S/C20H23ClO4.CH4S/c1-2-24-17-6-3-13(4-7-17)9-15-10-14(5-8-18(15)21)20-19(23)11-16(22)12-25-20;1-2/h3-8,10,16,19-20,22-23H,2,9,11-12H2,1H3;2H,1H3. The van der Waals surface area contributed by atoms with Crippen molar-refractivity contribution in [2.75, 3.05) is 19.5 Å². The van der Waals surface area contributed by atoms with Gasteiger partial charge in [0.25, 0.3) is 0 Å². The predicted molar refractivity (Wildman–Crippen MR) is 112 cm³/mol. The molecule has 0 radical (unpaired) electrons. The number of aliphatic hydroxyl groups excluding tert-OH is 2. The highest BCUT2D eigenvalue weighted by molar-refractivity contribution is 7.79. The Balaban J connectivity index is 0.00000126. The molecule has 3 unspecified atom stereocenters. The number of benzene rings is 2. The zero-order chi connectivity index (χ0) is 19.8. The number of hydrogen-bond acceptors (Lipinski definition) is 5. The molecule has 6 heteroatoms.